The molecule has 0 fully saturated rings. The number of hydrogen-bond acceptors (Lipinski definition) is 8. The zero-order chi connectivity index (χ0) is 32.2. The van der Waals surface area contributed by atoms with Crippen molar-refractivity contribution in [3.8, 4) is 0 Å². The smallest absolute Gasteiger partial charge is 0.197 e. The van der Waals surface area contributed by atoms with Gasteiger partial charge in [0.05, 0.1) is 11.1 Å². The average molecular weight is 636 g/mol. The number of hydrogen-bond donors (Lipinski definition) is 0. The fraction of sp³-hybridized carbons (Fsp3) is 0.111. The Morgan fingerprint density at radius 1 is 0.444 bits per heavy atom. The van der Waals surface area contributed by atoms with Crippen molar-refractivity contribution >= 4 is 34.7 Å². The van der Waals surface area contributed by atoms with Gasteiger partial charge in [-0.2, -0.15) is 0 Å². The molecule has 0 heterocycles. The van der Waals surface area contributed by atoms with Crippen molar-refractivity contribution in [3.63, 3.8) is 0 Å². The van der Waals surface area contributed by atoms with Crippen molar-refractivity contribution in [3.05, 3.63) is 154 Å². The minimum Gasteiger partial charge on any atom is -0.871 e. The van der Waals surface area contributed by atoms with Crippen LogP contribution >= 0.6 is 0 Å². The zero-order valence-corrected chi connectivity index (χ0v) is 26.1. The molecule has 4 aromatic rings. The quantitative estimate of drug-likeness (QED) is 0.140. The first-order valence-electron chi connectivity index (χ1n) is 13.7. The molecule has 0 amide bonds. The van der Waals surface area contributed by atoms with E-state index >= 15 is 0 Å². The van der Waals surface area contributed by atoms with Gasteiger partial charge in [0.25, 0.3) is 0 Å². The van der Waals surface area contributed by atoms with Crippen LogP contribution in [0, 0.1) is 0 Å². The van der Waals surface area contributed by atoms with Gasteiger partial charge in [0.1, 0.15) is 0 Å². The van der Waals surface area contributed by atoms with E-state index in [1.807, 2.05) is 0 Å². The van der Waals surface area contributed by atoms with Crippen molar-refractivity contribution in [2.24, 2.45) is 0 Å². The summed E-state index contributed by atoms with van der Waals surface area (Å²) in [6.07, 6.45) is 0. The molecule has 0 bridgehead atoms. The summed E-state index contributed by atoms with van der Waals surface area (Å²) in [5.74, 6) is -2.92. The Morgan fingerprint density at radius 3 is 0.867 bits per heavy atom. The largest absolute Gasteiger partial charge is 0.871 e. The number of ketones is 4. The number of allylic oxidation sites excluding steroid dienone is 2. The normalized spacial score (nSPS) is 12.3. The molecule has 0 spiro atoms. The fourth-order valence-corrected chi connectivity index (χ4v) is 4.38. The molecule has 6 rings (SSSR count). The van der Waals surface area contributed by atoms with Gasteiger partial charge < -0.3 is 20.4 Å². The Morgan fingerprint density at radius 2 is 0.644 bits per heavy atom. The molecule has 9 heteroatoms. The average Bonchev–Trinajstić information content (AvgIpc) is 3.46. The summed E-state index contributed by atoms with van der Waals surface area (Å²) in [5.41, 5.74) is 1.44. The molecule has 0 saturated heterocycles. The van der Waals surface area contributed by atoms with Gasteiger partial charge in [-0.05, 0) is 11.1 Å². The second kappa shape index (κ2) is 17.5. The molecule has 2 aliphatic rings. The number of fused-ring (bicyclic) bond motifs is 2. The van der Waals surface area contributed by atoms with Gasteiger partial charge in [-0.3, -0.25) is 19.2 Å². The standard InChI is InChI=1S/2C16H10O3.2C2H5O.Ti/c2*17-14(10-6-2-1-3-7-10)13-15(18)11-8-4-5-9-12(11)16(13)19;2*1-2-3;/h2*1-9,17H;2*2H2,1H3;/q;;2*-1;/p-2. The molecule has 0 N–H and O–H groups in total. The molecule has 0 saturated carbocycles. The Hall–Kier alpha value is -4.73. The molecule has 0 unspecified atom stereocenters. The first-order valence-corrected chi connectivity index (χ1v) is 13.7. The number of rotatable bonds is 2. The van der Waals surface area contributed by atoms with E-state index in [9.17, 15) is 29.4 Å². The van der Waals surface area contributed by atoms with Crippen LogP contribution in [0.5, 0.6) is 0 Å². The molecule has 2 aliphatic carbocycles. The number of carbonyl (C=O) groups excluding carboxylic acids is 4. The van der Waals surface area contributed by atoms with Crippen LogP contribution in [-0.4, -0.2) is 36.3 Å². The van der Waals surface area contributed by atoms with Crippen LogP contribution in [0.2, 0.25) is 0 Å². The van der Waals surface area contributed by atoms with Crippen molar-refractivity contribution in [2.75, 3.05) is 13.2 Å². The molecule has 0 aromatic heterocycles. The first-order chi connectivity index (χ1) is 21.2. The fourth-order valence-electron chi connectivity index (χ4n) is 4.38. The molecule has 4 aromatic carbocycles. The molecule has 228 valence electrons. The summed E-state index contributed by atoms with van der Waals surface area (Å²) in [6.45, 7) is 3.14. The maximum atomic E-state index is 12.3. The SMILES string of the molecule is CC[O-].CC[O-].O=C1C(=C([O-])c2ccccc2)C(=O)c2ccccc21.O=C1C(=C([O-])c2ccccc2)C(=O)c2ccccc21.[Ti]. The van der Waals surface area contributed by atoms with Crippen molar-refractivity contribution < 1.29 is 61.3 Å². The Kier molecular flexibility index (Phi) is 14.2. The maximum absolute atomic E-state index is 12.3. The molecule has 45 heavy (non-hydrogen) atoms. The van der Waals surface area contributed by atoms with Gasteiger partial charge in [0, 0.05) is 44.0 Å². The summed E-state index contributed by atoms with van der Waals surface area (Å²) in [6, 6.07) is 29.7. The van der Waals surface area contributed by atoms with E-state index in [-0.39, 0.29) is 46.1 Å². The Balaban J connectivity index is 0.000000262. The number of Topliss-reactive ketones (excluding diaryl/α,β-unsaturated/α-hetero) is 4. The molecule has 0 aliphatic heterocycles. The summed E-state index contributed by atoms with van der Waals surface area (Å²) < 4.78 is 0. The van der Waals surface area contributed by atoms with E-state index in [0.717, 1.165) is 0 Å². The molecular weight excluding hydrogens is 608 g/mol. The molecule has 0 atom stereocenters. The second-order valence-electron chi connectivity index (χ2n) is 9.13. The van der Waals surface area contributed by atoms with Crippen LogP contribution < -0.4 is 20.4 Å². The van der Waals surface area contributed by atoms with Crippen LogP contribution in [0.1, 0.15) is 66.4 Å². The monoisotopic (exact) mass is 636 g/mol. The summed E-state index contributed by atoms with van der Waals surface area (Å²) in [4.78, 5) is 48.6. The Bertz CT molecular complexity index is 1520. The van der Waals surface area contributed by atoms with E-state index < -0.39 is 34.7 Å². The topological polar surface area (TPSA) is 161 Å². The van der Waals surface area contributed by atoms with Crippen LogP contribution in [0.15, 0.2) is 120 Å². The van der Waals surface area contributed by atoms with Crippen molar-refractivity contribution in [2.45, 2.75) is 13.8 Å². The number of benzene rings is 4. The molecule has 0 radical (unpaired) electrons. The second-order valence-corrected chi connectivity index (χ2v) is 9.13. The minimum atomic E-state index is -0.508. The van der Waals surface area contributed by atoms with Gasteiger partial charge in [-0.1, -0.05) is 135 Å². The van der Waals surface area contributed by atoms with Gasteiger partial charge >= 0.3 is 0 Å². The van der Waals surface area contributed by atoms with E-state index in [1.165, 1.54) is 0 Å². The van der Waals surface area contributed by atoms with Gasteiger partial charge in [0.2, 0.25) is 0 Å². The molecule has 8 nitrogen and oxygen atoms in total. The summed E-state index contributed by atoms with van der Waals surface area (Å²) >= 11 is 0. The van der Waals surface area contributed by atoms with Gasteiger partial charge in [-0.25, -0.2) is 0 Å². The number of carbonyl (C=O) groups is 4. The molecular formula is C36H28O8Ti-4. The third-order valence-corrected chi connectivity index (χ3v) is 6.27. The summed E-state index contributed by atoms with van der Waals surface area (Å²) in [7, 11) is 0. The van der Waals surface area contributed by atoms with Crippen LogP contribution in [0.3, 0.4) is 0 Å². The van der Waals surface area contributed by atoms with Gasteiger partial charge in [-0.15, -0.1) is 13.2 Å². The van der Waals surface area contributed by atoms with E-state index in [4.69, 9.17) is 10.2 Å². The van der Waals surface area contributed by atoms with Crippen LogP contribution in [0.25, 0.3) is 11.5 Å². The van der Waals surface area contributed by atoms with Crippen molar-refractivity contribution in [1.82, 2.24) is 0 Å². The summed E-state index contributed by atoms with van der Waals surface area (Å²) in [5, 5.41) is 42.4. The predicted molar refractivity (Wildman–Crippen MR) is 158 cm³/mol. The van der Waals surface area contributed by atoms with Crippen LogP contribution in [0.4, 0.5) is 0 Å². The third kappa shape index (κ3) is 8.26. The third-order valence-electron chi connectivity index (χ3n) is 6.27. The van der Waals surface area contributed by atoms with Crippen LogP contribution in [-0.2, 0) is 21.7 Å². The van der Waals surface area contributed by atoms with E-state index in [2.05, 4.69) is 0 Å². The van der Waals surface area contributed by atoms with Crippen molar-refractivity contribution in [1.29, 1.82) is 0 Å². The predicted octanol–water partition coefficient (Wildman–Crippen LogP) is 2.41. The van der Waals surface area contributed by atoms with Gasteiger partial charge in [0.15, 0.2) is 23.1 Å². The maximum Gasteiger partial charge on any atom is 0.197 e. The Labute approximate surface area is 275 Å². The minimum absolute atomic E-state index is 0. The van der Waals surface area contributed by atoms with E-state index in [1.54, 1.807) is 123 Å². The zero-order valence-electron chi connectivity index (χ0n) is 24.6. The van der Waals surface area contributed by atoms with E-state index in [0.29, 0.717) is 33.4 Å². The first kappa shape index (κ1) is 36.5.